The first-order valence-corrected chi connectivity index (χ1v) is 7.26. The predicted molar refractivity (Wildman–Crippen MR) is 79.6 cm³/mol. The molecule has 0 heterocycles. The number of carbonyl (C=O) groups excluding carboxylic acids is 1. The fraction of sp³-hybridized carbons (Fsp3) is 0.462. The quantitative estimate of drug-likeness (QED) is 0.625. The molecule has 1 aromatic carbocycles. The van der Waals surface area contributed by atoms with Gasteiger partial charge in [-0.2, -0.15) is 0 Å². The summed E-state index contributed by atoms with van der Waals surface area (Å²) >= 11 is 2.24. The molecule has 0 aliphatic rings. The molecule has 0 bridgehead atoms. The van der Waals surface area contributed by atoms with Gasteiger partial charge in [-0.25, -0.2) is 0 Å². The number of benzene rings is 1. The molecular formula is C13H18INO3. The van der Waals surface area contributed by atoms with Crippen LogP contribution in [0.1, 0.15) is 24.2 Å². The first-order chi connectivity index (χ1) is 8.49. The van der Waals surface area contributed by atoms with Gasteiger partial charge < -0.3 is 15.2 Å². The Morgan fingerprint density at radius 3 is 2.61 bits per heavy atom. The summed E-state index contributed by atoms with van der Waals surface area (Å²) in [4.78, 5) is 12.0. The van der Waals surface area contributed by atoms with E-state index in [1.807, 2.05) is 0 Å². The van der Waals surface area contributed by atoms with Crippen molar-refractivity contribution in [2.45, 2.75) is 19.9 Å². The molecule has 0 aliphatic heterocycles. The Morgan fingerprint density at radius 1 is 1.50 bits per heavy atom. The summed E-state index contributed by atoms with van der Waals surface area (Å²) in [6.45, 7) is 4.11. The number of methoxy groups -OCH3 is 1. The maximum atomic E-state index is 12.0. The molecule has 0 fully saturated rings. The molecule has 18 heavy (non-hydrogen) atoms. The number of nitrogens with one attached hydrogen (secondary N) is 1. The Balaban J connectivity index is 2.84. The van der Waals surface area contributed by atoms with Crippen LogP contribution in [0.5, 0.6) is 11.5 Å². The van der Waals surface area contributed by atoms with E-state index in [1.54, 1.807) is 12.1 Å². The molecule has 0 aliphatic carbocycles. The highest BCUT2D eigenvalue weighted by Crippen LogP contribution is 2.23. The number of ether oxygens (including phenoxy) is 1. The zero-order valence-corrected chi connectivity index (χ0v) is 12.9. The largest absolute Gasteiger partial charge is 0.507 e. The molecule has 1 atom stereocenters. The lowest BCUT2D eigenvalue weighted by atomic mass is 10.1. The molecule has 1 aromatic rings. The second-order valence-electron chi connectivity index (χ2n) is 4.36. The molecule has 0 saturated heterocycles. The Labute approximate surface area is 121 Å². The van der Waals surface area contributed by atoms with Crippen molar-refractivity contribution in [2.24, 2.45) is 5.92 Å². The summed E-state index contributed by atoms with van der Waals surface area (Å²) in [7, 11) is 1.51. The minimum atomic E-state index is -0.259. The average molecular weight is 363 g/mol. The first kappa shape index (κ1) is 15.1. The van der Waals surface area contributed by atoms with E-state index in [0.717, 1.165) is 4.43 Å². The number of alkyl halides is 1. The van der Waals surface area contributed by atoms with Crippen LogP contribution in [0.25, 0.3) is 0 Å². The lowest BCUT2D eigenvalue weighted by Crippen LogP contribution is -2.39. The van der Waals surface area contributed by atoms with Crippen LogP contribution in [0, 0.1) is 5.92 Å². The number of rotatable bonds is 5. The van der Waals surface area contributed by atoms with Crippen LogP contribution < -0.4 is 10.1 Å². The van der Waals surface area contributed by atoms with Crippen molar-refractivity contribution in [3.8, 4) is 11.5 Å². The van der Waals surface area contributed by atoms with Crippen LogP contribution in [0.3, 0.4) is 0 Å². The summed E-state index contributed by atoms with van der Waals surface area (Å²) in [6, 6.07) is 4.75. The van der Waals surface area contributed by atoms with Gasteiger partial charge in [-0.3, -0.25) is 4.79 Å². The second kappa shape index (κ2) is 6.82. The molecule has 0 radical (unpaired) electrons. The molecule has 1 unspecified atom stereocenters. The summed E-state index contributed by atoms with van der Waals surface area (Å²) < 4.78 is 5.81. The van der Waals surface area contributed by atoms with Gasteiger partial charge in [0, 0.05) is 16.5 Å². The Hall–Kier alpha value is -0.980. The molecule has 5 heteroatoms. The van der Waals surface area contributed by atoms with Crippen molar-refractivity contribution in [3.63, 3.8) is 0 Å². The van der Waals surface area contributed by atoms with Gasteiger partial charge in [0.05, 0.1) is 12.7 Å². The minimum Gasteiger partial charge on any atom is -0.507 e. The summed E-state index contributed by atoms with van der Waals surface area (Å²) in [6.07, 6.45) is 0. The van der Waals surface area contributed by atoms with Crippen LogP contribution in [-0.4, -0.2) is 28.6 Å². The third kappa shape index (κ3) is 3.76. The number of phenolic OH excluding ortho intramolecular Hbond substituents is 1. The number of aromatic hydroxyl groups is 1. The van der Waals surface area contributed by atoms with Gasteiger partial charge in [-0.1, -0.05) is 36.4 Å². The van der Waals surface area contributed by atoms with Gasteiger partial charge in [0.15, 0.2) is 0 Å². The first-order valence-electron chi connectivity index (χ1n) is 5.73. The third-order valence-corrected chi connectivity index (χ3v) is 3.69. The van der Waals surface area contributed by atoms with Crippen LogP contribution in [0.2, 0.25) is 0 Å². The highest BCUT2D eigenvalue weighted by molar-refractivity contribution is 14.1. The van der Waals surface area contributed by atoms with E-state index in [-0.39, 0.29) is 23.3 Å². The van der Waals surface area contributed by atoms with Crippen LogP contribution >= 0.6 is 22.6 Å². The van der Waals surface area contributed by atoms with E-state index >= 15 is 0 Å². The number of amides is 1. The highest BCUT2D eigenvalue weighted by atomic mass is 127. The summed E-state index contributed by atoms with van der Waals surface area (Å²) in [5.41, 5.74) is 0.270. The Bertz CT molecular complexity index is 421. The van der Waals surface area contributed by atoms with E-state index in [1.165, 1.54) is 13.2 Å². The number of phenols is 1. The van der Waals surface area contributed by atoms with Gasteiger partial charge in [-0.05, 0) is 18.1 Å². The maximum absolute atomic E-state index is 12.0. The van der Waals surface area contributed by atoms with Crippen LogP contribution in [0.15, 0.2) is 18.2 Å². The fourth-order valence-corrected chi connectivity index (χ4v) is 2.70. The lowest BCUT2D eigenvalue weighted by molar-refractivity contribution is 0.0929. The smallest absolute Gasteiger partial charge is 0.255 e. The Kier molecular flexibility index (Phi) is 5.71. The number of hydrogen-bond donors (Lipinski definition) is 2. The zero-order chi connectivity index (χ0) is 13.7. The van der Waals surface area contributed by atoms with Crippen molar-refractivity contribution in [1.29, 1.82) is 0 Å². The molecule has 1 rings (SSSR count). The number of hydrogen-bond acceptors (Lipinski definition) is 3. The topological polar surface area (TPSA) is 58.6 Å². The van der Waals surface area contributed by atoms with Gasteiger partial charge in [0.25, 0.3) is 5.91 Å². The zero-order valence-electron chi connectivity index (χ0n) is 10.7. The summed E-state index contributed by atoms with van der Waals surface area (Å²) in [5, 5.41) is 12.7. The van der Waals surface area contributed by atoms with Crippen LogP contribution in [0.4, 0.5) is 0 Å². The fourth-order valence-electron chi connectivity index (χ4n) is 1.46. The second-order valence-corrected chi connectivity index (χ2v) is 5.24. The monoisotopic (exact) mass is 363 g/mol. The van der Waals surface area contributed by atoms with E-state index in [4.69, 9.17) is 4.74 Å². The molecular weight excluding hydrogens is 345 g/mol. The maximum Gasteiger partial charge on any atom is 0.255 e. The lowest BCUT2D eigenvalue weighted by Gasteiger charge is -2.20. The van der Waals surface area contributed by atoms with E-state index < -0.39 is 0 Å². The number of halogens is 1. The van der Waals surface area contributed by atoms with E-state index in [0.29, 0.717) is 11.7 Å². The Morgan fingerprint density at radius 2 is 2.17 bits per heavy atom. The SMILES string of the molecule is COc1ccc(C(=O)NC(CI)C(C)C)c(O)c1. The van der Waals surface area contributed by atoms with Gasteiger partial charge in [0.1, 0.15) is 11.5 Å². The van der Waals surface area contributed by atoms with Gasteiger partial charge in [-0.15, -0.1) is 0 Å². The van der Waals surface area contributed by atoms with Crippen molar-refractivity contribution >= 4 is 28.5 Å². The van der Waals surface area contributed by atoms with E-state index in [9.17, 15) is 9.90 Å². The van der Waals surface area contributed by atoms with Crippen molar-refractivity contribution in [1.82, 2.24) is 5.32 Å². The van der Waals surface area contributed by atoms with E-state index in [2.05, 4.69) is 41.8 Å². The average Bonchev–Trinajstić information content (AvgIpc) is 2.34. The minimum absolute atomic E-state index is 0.0668. The molecule has 0 spiro atoms. The third-order valence-electron chi connectivity index (χ3n) is 2.74. The number of carbonyl (C=O) groups is 1. The van der Waals surface area contributed by atoms with Gasteiger partial charge >= 0.3 is 0 Å². The summed E-state index contributed by atoms with van der Waals surface area (Å²) in [5.74, 6) is 0.554. The molecule has 4 nitrogen and oxygen atoms in total. The van der Waals surface area contributed by atoms with Crippen molar-refractivity contribution < 1.29 is 14.6 Å². The molecule has 1 amide bonds. The normalized spacial score (nSPS) is 12.3. The highest BCUT2D eigenvalue weighted by Gasteiger charge is 2.18. The molecule has 2 N–H and O–H groups in total. The van der Waals surface area contributed by atoms with Crippen molar-refractivity contribution in [2.75, 3.05) is 11.5 Å². The van der Waals surface area contributed by atoms with Crippen LogP contribution in [-0.2, 0) is 0 Å². The van der Waals surface area contributed by atoms with Crippen molar-refractivity contribution in [3.05, 3.63) is 23.8 Å². The molecule has 0 saturated carbocycles. The molecule has 0 aromatic heterocycles. The predicted octanol–water partition coefficient (Wildman–Crippen LogP) is 2.59. The molecule has 100 valence electrons. The van der Waals surface area contributed by atoms with Gasteiger partial charge in [0.2, 0.25) is 0 Å². The standard InChI is InChI=1S/C13H18INO3/c1-8(2)11(7-14)15-13(17)10-5-4-9(18-3)6-12(10)16/h4-6,8,11,16H,7H2,1-3H3,(H,15,17).